The number of amides is 2. The number of hydrogen-bond acceptors (Lipinski definition) is 4. The van der Waals surface area contributed by atoms with Crippen LogP contribution >= 0.6 is 11.3 Å². The highest BCUT2D eigenvalue weighted by Crippen LogP contribution is 2.38. The number of carbonyl (C=O) groups excluding carboxylic acids is 2. The fraction of sp³-hybridized carbons (Fsp3) is 0.400. The maximum atomic E-state index is 12.7. The number of benzene rings is 1. The van der Waals surface area contributed by atoms with Gasteiger partial charge in [0, 0.05) is 4.88 Å². The molecule has 0 fully saturated rings. The second kappa shape index (κ2) is 7.91. The first kappa shape index (κ1) is 18.5. The zero-order chi connectivity index (χ0) is 18.7. The molecule has 1 aromatic heterocycles. The molecule has 1 unspecified atom stereocenters. The number of aryl methyl sites for hydroxylation is 2. The van der Waals surface area contributed by atoms with E-state index in [4.69, 9.17) is 10.5 Å². The van der Waals surface area contributed by atoms with Crippen LogP contribution < -0.4 is 15.8 Å². The van der Waals surface area contributed by atoms with Gasteiger partial charge in [0.2, 0.25) is 0 Å². The van der Waals surface area contributed by atoms with E-state index < -0.39 is 12.0 Å². The van der Waals surface area contributed by atoms with Crippen molar-refractivity contribution < 1.29 is 14.3 Å². The van der Waals surface area contributed by atoms with Crippen LogP contribution in [0, 0.1) is 6.92 Å². The summed E-state index contributed by atoms with van der Waals surface area (Å²) in [5, 5.41) is 3.44. The Labute approximate surface area is 157 Å². The zero-order valence-corrected chi connectivity index (χ0v) is 15.9. The summed E-state index contributed by atoms with van der Waals surface area (Å²) >= 11 is 1.47. The SMILES string of the molecule is CCC(Oc1ccc(C)cc1)C(=O)Nc1sc2c(c1C(N)=O)CCCC2. The predicted octanol–water partition coefficient (Wildman–Crippen LogP) is 3.83. The highest BCUT2D eigenvalue weighted by Gasteiger charge is 2.27. The van der Waals surface area contributed by atoms with Gasteiger partial charge in [0.05, 0.1) is 5.56 Å². The lowest BCUT2D eigenvalue weighted by Gasteiger charge is -2.17. The molecule has 1 aliphatic rings. The van der Waals surface area contributed by atoms with Gasteiger partial charge in [-0.05, 0) is 56.7 Å². The number of primary amides is 1. The van der Waals surface area contributed by atoms with Crippen LogP contribution in [0.2, 0.25) is 0 Å². The second-order valence-corrected chi connectivity index (χ2v) is 7.70. The summed E-state index contributed by atoms with van der Waals surface area (Å²) in [7, 11) is 0. The molecule has 138 valence electrons. The number of nitrogens with two attached hydrogens (primary N) is 1. The van der Waals surface area contributed by atoms with Gasteiger partial charge in [0.1, 0.15) is 10.8 Å². The van der Waals surface area contributed by atoms with E-state index in [0.29, 0.717) is 22.7 Å². The number of rotatable bonds is 6. The fourth-order valence-corrected chi connectivity index (χ4v) is 4.51. The van der Waals surface area contributed by atoms with Gasteiger partial charge in [-0.2, -0.15) is 0 Å². The van der Waals surface area contributed by atoms with Gasteiger partial charge in [0.25, 0.3) is 11.8 Å². The molecule has 1 atom stereocenters. The number of hydrogen-bond donors (Lipinski definition) is 2. The summed E-state index contributed by atoms with van der Waals surface area (Å²) in [6, 6.07) is 7.59. The third kappa shape index (κ3) is 3.90. The smallest absolute Gasteiger partial charge is 0.266 e. The van der Waals surface area contributed by atoms with Gasteiger partial charge in [0.15, 0.2) is 6.10 Å². The van der Waals surface area contributed by atoms with E-state index in [-0.39, 0.29) is 5.91 Å². The molecule has 3 N–H and O–H groups in total. The summed E-state index contributed by atoms with van der Waals surface area (Å²) in [5.74, 6) is -0.0837. The largest absolute Gasteiger partial charge is 0.481 e. The number of nitrogens with one attached hydrogen (secondary N) is 1. The maximum absolute atomic E-state index is 12.7. The highest BCUT2D eigenvalue weighted by atomic mass is 32.1. The van der Waals surface area contributed by atoms with Crippen molar-refractivity contribution in [1.29, 1.82) is 0 Å². The average Bonchev–Trinajstić information content (AvgIpc) is 2.99. The van der Waals surface area contributed by atoms with Crippen LogP contribution in [0.25, 0.3) is 0 Å². The summed E-state index contributed by atoms with van der Waals surface area (Å²) in [4.78, 5) is 25.8. The van der Waals surface area contributed by atoms with Crippen LogP contribution in [-0.2, 0) is 17.6 Å². The van der Waals surface area contributed by atoms with Gasteiger partial charge >= 0.3 is 0 Å². The molecule has 0 radical (unpaired) electrons. The molecule has 26 heavy (non-hydrogen) atoms. The van der Waals surface area contributed by atoms with Gasteiger partial charge in [-0.15, -0.1) is 11.3 Å². The van der Waals surface area contributed by atoms with Crippen LogP contribution in [0.5, 0.6) is 5.75 Å². The first-order valence-corrected chi connectivity index (χ1v) is 9.79. The highest BCUT2D eigenvalue weighted by molar-refractivity contribution is 7.17. The number of anilines is 1. The normalized spacial score (nSPS) is 14.4. The Morgan fingerprint density at radius 3 is 2.58 bits per heavy atom. The Morgan fingerprint density at radius 1 is 1.23 bits per heavy atom. The van der Waals surface area contributed by atoms with E-state index in [0.717, 1.165) is 41.7 Å². The van der Waals surface area contributed by atoms with E-state index >= 15 is 0 Å². The van der Waals surface area contributed by atoms with Crippen molar-refractivity contribution in [2.75, 3.05) is 5.32 Å². The van der Waals surface area contributed by atoms with Crippen molar-refractivity contribution >= 4 is 28.2 Å². The standard InChI is InChI=1S/C20H24N2O3S/c1-3-15(25-13-10-8-12(2)9-11-13)19(24)22-20-17(18(21)23)14-6-4-5-7-16(14)26-20/h8-11,15H,3-7H2,1-2H3,(H2,21,23)(H,22,24). The van der Waals surface area contributed by atoms with E-state index in [2.05, 4.69) is 5.32 Å². The molecule has 1 aliphatic carbocycles. The number of thiophene rings is 1. The molecule has 1 aromatic carbocycles. The minimum Gasteiger partial charge on any atom is -0.481 e. The molecule has 2 aromatic rings. The molecule has 0 aliphatic heterocycles. The Bertz CT molecular complexity index is 811. The molecular weight excluding hydrogens is 348 g/mol. The van der Waals surface area contributed by atoms with Gasteiger partial charge in [-0.1, -0.05) is 24.6 Å². The van der Waals surface area contributed by atoms with Crippen molar-refractivity contribution in [1.82, 2.24) is 0 Å². The second-order valence-electron chi connectivity index (χ2n) is 6.60. The lowest BCUT2D eigenvalue weighted by Crippen LogP contribution is -2.32. The number of ether oxygens (including phenoxy) is 1. The Balaban J connectivity index is 1.78. The van der Waals surface area contributed by atoms with E-state index in [1.165, 1.54) is 11.3 Å². The number of fused-ring (bicyclic) bond motifs is 1. The summed E-state index contributed by atoms with van der Waals surface area (Å²) in [6.07, 6.45) is 3.83. The summed E-state index contributed by atoms with van der Waals surface area (Å²) in [5.41, 5.74) is 8.21. The van der Waals surface area contributed by atoms with Crippen molar-refractivity contribution in [3.05, 3.63) is 45.8 Å². The van der Waals surface area contributed by atoms with Crippen LogP contribution in [0.3, 0.4) is 0 Å². The molecule has 6 heteroatoms. The van der Waals surface area contributed by atoms with Gasteiger partial charge < -0.3 is 15.8 Å². The van der Waals surface area contributed by atoms with Crippen LogP contribution in [0.15, 0.2) is 24.3 Å². The first-order chi connectivity index (χ1) is 12.5. The minimum absolute atomic E-state index is 0.255. The molecule has 0 bridgehead atoms. The molecule has 3 rings (SSSR count). The van der Waals surface area contributed by atoms with Crippen molar-refractivity contribution in [3.8, 4) is 5.75 Å². The molecule has 0 saturated heterocycles. The molecule has 0 spiro atoms. The quantitative estimate of drug-likeness (QED) is 0.808. The third-order valence-corrected chi connectivity index (χ3v) is 5.82. The predicted molar refractivity (Wildman–Crippen MR) is 104 cm³/mol. The van der Waals surface area contributed by atoms with E-state index in [1.807, 2.05) is 38.1 Å². The zero-order valence-electron chi connectivity index (χ0n) is 15.1. The van der Waals surface area contributed by atoms with Crippen molar-refractivity contribution in [3.63, 3.8) is 0 Å². The van der Waals surface area contributed by atoms with E-state index in [1.54, 1.807) is 0 Å². The van der Waals surface area contributed by atoms with E-state index in [9.17, 15) is 9.59 Å². The monoisotopic (exact) mass is 372 g/mol. The molecule has 0 saturated carbocycles. The van der Waals surface area contributed by atoms with Crippen LogP contribution in [-0.4, -0.2) is 17.9 Å². The maximum Gasteiger partial charge on any atom is 0.266 e. The Morgan fingerprint density at radius 2 is 1.92 bits per heavy atom. The van der Waals surface area contributed by atoms with Gasteiger partial charge in [-0.3, -0.25) is 9.59 Å². The van der Waals surface area contributed by atoms with Gasteiger partial charge in [-0.25, -0.2) is 0 Å². The molecular formula is C20H24N2O3S. The molecule has 2 amide bonds. The topological polar surface area (TPSA) is 81.4 Å². The fourth-order valence-electron chi connectivity index (χ4n) is 3.21. The Kier molecular flexibility index (Phi) is 5.61. The third-order valence-electron chi connectivity index (χ3n) is 4.62. The van der Waals surface area contributed by atoms with Crippen molar-refractivity contribution in [2.45, 2.75) is 52.1 Å². The van der Waals surface area contributed by atoms with Crippen LogP contribution in [0.4, 0.5) is 5.00 Å². The lowest BCUT2D eigenvalue weighted by molar-refractivity contribution is -0.122. The average molecular weight is 372 g/mol. The first-order valence-electron chi connectivity index (χ1n) is 8.98. The van der Waals surface area contributed by atoms with Crippen LogP contribution in [0.1, 0.15) is 52.5 Å². The summed E-state index contributed by atoms with van der Waals surface area (Å²) < 4.78 is 5.83. The van der Waals surface area contributed by atoms with Crippen molar-refractivity contribution in [2.24, 2.45) is 5.73 Å². The molecule has 5 nitrogen and oxygen atoms in total. The Hall–Kier alpha value is -2.34. The lowest BCUT2D eigenvalue weighted by atomic mass is 9.95. The summed E-state index contributed by atoms with van der Waals surface area (Å²) in [6.45, 7) is 3.89. The number of carbonyl (C=O) groups is 2. The minimum atomic E-state index is -0.627. The molecule has 1 heterocycles.